The van der Waals surface area contributed by atoms with Crippen molar-refractivity contribution in [3.05, 3.63) is 24.2 Å². The number of hydrogen-bond acceptors (Lipinski definition) is 2. The van der Waals surface area contributed by atoms with Gasteiger partial charge in [-0.1, -0.05) is 22.9 Å². The number of rotatable bonds is 3. The van der Waals surface area contributed by atoms with Gasteiger partial charge < -0.3 is 9.32 Å². The first-order valence-corrected chi connectivity index (χ1v) is 4.94. The molecule has 1 rings (SSSR count). The molecule has 0 spiro atoms. The van der Waals surface area contributed by atoms with E-state index in [4.69, 9.17) is 4.42 Å². The Morgan fingerprint density at radius 3 is 2.92 bits per heavy atom. The Morgan fingerprint density at radius 1 is 1.77 bits per heavy atom. The Labute approximate surface area is 85.8 Å². The van der Waals surface area contributed by atoms with Gasteiger partial charge in [0, 0.05) is 18.4 Å². The predicted molar refractivity (Wildman–Crippen MR) is 54.1 cm³/mol. The van der Waals surface area contributed by atoms with E-state index < -0.39 is 0 Å². The molecule has 0 aliphatic carbocycles. The second-order valence-corrected chi connectivity index (χ2v) is 4.54. The van der Waals surface area contributed by atoms with Gasteiger partial charge in [0.1, 0.15) is 6.26 Å². The number of halogens is 1. The van der Waals surface area contributed by atoms with Crippen molar-refractivity contribution in [2.24, 2.45) is 0 Å². The van der Waals surface area contributed by atoms with Crippen LogP contribution in [0.2, 0.25) is 0 Å². The molecule has 1 atom stereocenters. The molecule has 0 radical (unpaired) electrons. The molecule has 0 aliphatic heterocycles. The van der Waals surface area contributed by atoms with Gasteiger partial charge in [0.05, 0.1) is 11.8 Å². The van der Waals surface area contributed by atoms with Crippen LogP contribution in [-0.2, 0) is 0 Å². The van der Waals surface area contributed by atoms with Crippen molar-refractivity contribution < 1.29 is 9.21 Å². The van der Waals surface area contributed by atoms with Crippen LogP contribution in [0.1, 0.15) is 17.3 Å². The van der Waals surface area contributed by atoms with Crippen molar-refractivity contribution >= 4 is 21.8 Å². The molecule has 0 N–H and O–H groups in total. The summed E-state index contributed by atoms with van der Waals surface area (Å²) < 4.78 is 4.83. The fourth-order valence-electron chi connectivity index (χ4n) is 1.07. The van der Waals surface area contributed by atoms with Gasteiger partial charge >= 0.3 is 0 Å². The largest absolute Gasteiger partial charge is 0.472 e. The van der Waals surface area contributed by atoms with Crippen LogP contribution in [-0.4, -0.2) is 29.2 Å². The molecular weight excluding hydrogens is 234 g/mol. The normalized spacial score (nSPS) is 12.5. The van der Waals surface area contributed by atoms with Gasteiger partial charge in [-0.2, -0.15) is 0 Å². The third-order valence-corrected chi connectivity index (χ3v) is 1.93. The van der Waals surface area contributed by atoms with E-state index in [-0.39, 0.29) is 5.91 Å². The summed E-state index contributed by atoms with van der Waals surface area (Å²) in [5, 5.41) is 0. The monoisotopic (exact) mass is 245 g/mol. The Hall–Kier alpha value is -0.770. The highest BCUT2D eigenvalue weighted by Crippen LogP contribution is 2.06. The lowest BCUT2D eigenvalue weighted by molar-refractivity contribution is 0.0796. The van der Waals surface area contributed by atoms with Crippen LogP contribution in [0.25, 0.3) is 0 Å². The highest BCUT2D eigenvalue weighted by Gasteiger charge is 2.13. The summed E-state index contributed by atoms with van der Waals surface area (Å²) >= 11 is 3.39. The summed E-state index contributed by atoms with van der Waals surface area (Å²) in [6, 6.07) is 1.66. The van der Waals surface area contributed by atoms with Crippen molar-refractivity contribution in [2.75, 3.05) is 13.6 Å². The van der Waals surface area contributed by atoms with E-state index >= 15 is 0 Å². The second-order valence-electron chi connectivity index (χ2n) is 2.98. The first-order valence-electron chi connectivity index (χ1n) is 4.03. The molecule has 1 aromatic rings. The molecule has 0 fully saturated rings. The topological polar surface area (TPSA) is 33.5 Å². The molecule has 4 heteroatoms. The highest BCUT2D eigenvalue weighted by molar-refractivity contribution is 9.09. The Kier molecular flexibility index (Phi) is 3.54. The van der Waals surface area contributed by atoms with Crippen LogP contribution in [0.3, 0.4) is 0 Å². The van der Waals surface area contributed by atoms with Gasteiger partial charge in [0.25, 0.3) is 5.91 Å². The quantitative estimate of drug-likeness (QED) is 0.765. The summed E-state index contributed by atoms with van der Waals surface area (Å²) in [7, 11) is 1.77. The zero-order valence-electron chi connectivity index (χ0n) is 7.66. The van der Waals surface area contributed by atoms with E-state index in [2.05, 4.69) is 15.9 Å². The first-order chi connectivity index (χ1) is 6.11. The first kappa shape index (κ1) is 10.3. The van der Waals surface area contributed by atoms with Gasteiger partial charge in [0.2, 0.25) is 0 Å². The number of furan rings is 1. The Bertz CT molecular complexity index is 269. The predicted octanol–water partition coefficient (Wildman–Crippen LogP) is 2.13. The summed E-state index contributed by atoms with van der Waals surface area (Å²) in [5.41, 5.74) is 0.593. The molecule has 1 amide bonds. The lowest BCUT2D eigenvalue weighted by atomic mass is 10.3. The van der Waals surface area contributed by atoms with E-state index in [9.17, 15) is 4.79 Å². The van der Waals surface area contributed by atoms with Crippen molar-refractivity contribution in [1.82, 2.24) is 4.90 Å². The minimum atomic E-state index is -0.0138. The maximum Gasteiger partial charge on any atom is 0.256 e. The summed E-state index contributed by atoms with van der Waals surface area (Å²) in [6.07, 6.45) is 2.95. The molecule has 13 heavy (non-hydrogen) atoms. The molecule has 1 aromatic heterocycles. The number of nitrogens with zero attached hydrogens (tertiary/aromatic N) is 1. The molecular formula is C9H12BrNO2. The minimum absolute atomic E-state index is 0.0138. The van der Waals surface area contributed by atoms with Crippen LogP contribution < -0.4 is 0 Å². The number of carbonyl (C=O) groups excluding carboxylic acids is 1. The van der Waals surface area contributed by atoms with Crippen LogP contribution in [0, 0.1) is 0 Å². The SMILES string of the molecule is CC(Br)CN(C)C(=O)c1ccoc1. The fraction of sp³-hybridized carbons (Fsp3) is 0.444. The third-order valence-electron chi connectivity index (χ3n) is 1.64. The highest BCUT2D eigenvalue weighted by atomic mass is 79.9. The van der Waals surface area contributed by atoms with E-state index in [1.54, 1.807) is 18.0 Å². The van der Waals surface area contributed by atoms with Gasteiger partial charge in [-0.15, -0.1) is 0 Å². The Morgan fingerprint density at radius 2 is 2.46 bits per heavy atom. The number of hydrogen-bond donors (Lipinski definition) is 0. The molecule has 3 nitrogen and oxygen atoms in total. The zero-order chi connectivity index (χ0) is 9.84. The van der Waals surface area contributed by atoms with Crippen LogP contribution in [0.4, 0.5) is 0 Å². The fourth-order valence-corrected chi connectivity index (χ4v) is 1.50. The van der Waals surface area contributed by atoms with Crippen LogP contribution in [0.5, 0.6) is 0 Å². The lowest BCUT2D eigenvalue weighted by Gasteiger charge is -2.17. The molecule has 0 bridgehead atoms. The molecule has 1 heterocycles. The molecule has 0 saturated carbocycles. The van der Waals surface area contributed by atoms with Gasteiger partial charge in [-0.3, -0.25) is 4.79 Å². The second kappa shape index (κ2) is 4.46. The average Bonchev–Trinajstić information content (AvgIpc) is 2.53. The Balaban J connectivity index is 2.58. The standard InChI is InChI=1S/C9H12BrNO2/c1-7(10)5-11(2)9(12)8-3-4-13-6-8/h3-4,6-7H,5H2,1-2H3. The van der Waals surface area contributed by atoms with Crippen molar-refractivity contribution in [2.45, 2.75) is 11.8 Å². The summed E-state index contributed by atoms with van der Waals surface area (Å²) in [4.78, 5) is 13.5. The maximum absolute atomic E-state index is 11.6. The summed E-state index contributed by atoms with van der Waals surface area (Å²) in [5.74, 6) is -0.0138. The van der Waals surface area contributed by atoms with Crippen LogP contribution >= 0.6 is 15.9 Å². The van der Waals surface area contributed by atoms with Crippen LogP contribution in [0.15, 0.2) is 23.0 Å². The number of carbonyl (C=O) groups is 1. The minimum Gasteiger partial charge on any atom is -0.472 e. The van der Waals surface area contributed by atoms with Gasteiger partial charge in [-0.25, -0.2) is 0 Å². The van der Waals surface area contributed by atoms with Gasteiger partial charge in [0.15, 0.2) is 0 Å². The maximum atomic E-state index is 11.6. The molecule has 0 saturated heterocycles. The lowest BCUT2D eigenvalue weighted by Crippen LogP contribution is -2.30. The number of amides is 1. The molecule has 0 aliphatic rings. The molecule has 72 valence electrons. The van der Waals surface area contributed by atoms with E-state index in [0.717, 1.165) is 0 Å². The van der Waals surface area contributed by atoms with E-state index in [1.165, 1.54) is 12.5 Å². The summed E-state index contributed by atoms with van der Waals surface area (Å²) in [6.45, 7) is 2.68. The smallest absolute Gasteiger partial charge is 0.256 e. The van der Waals surface area contributed by atoms with Crippen molar-refractivity contribution in [1.29, 1.82) is 0 Å². The zero-order valence-corrected chi connectivity index (χ0v) is 9.24. The van der Waals surface area contributed by atoms with Crippen molar-refractivity contribution in [3.8, 4) is 0 Å². The molecule has 1 unspecified atom stereocenters. The third kappa shape index (κ3) is 2.88. The average molecular weight is 246 g/mol. The van der Waals surface area contributed by atoms with Gasteiger partial charge in [-0.05, 0) is 6.07 Å². The van der Waals surface area contributed by atoms with Crippen molar-refractivity contribution in [3.63, 3.8) is 0 Å². The van der Waals surface area contributed by atoms with E-state index in [0.29, 0.717) is 16.9 Å². The van der Waals surface area contributed by atoms with E-state index in [1.807, 2.05) is 6.92 Å². The number of alkyl halides is 1. The molecule has 0 aromatic carbocycles.